The van der Waals surface area contributed by atoms with Crippen molar-refractivity contribution in [3.05, 3.63) is 25.3 Å². The van der Waals surface area contributed by atoms with Crippen LogP contribution in [0.1, 0.15) is 33.6 Å². The minimum atomic E-state index is -0.216. The Morgan fingerprint density at radius 2 is 1.95 bits per heavy atom. The van der Waals surface area contributed by atoms with Gasteiger partial charge in [-0.2, -0.15) is 0 Å². The molecule has 0 aromatic rings. The smallest absolute Gasteiger partial charge is 0.170 e. The molecule has 2 aliphatic rings. The zero-order chi connectivity index (χ0) is 15.8. The van der Waals surface area contributed by atoms with Crippen molar-refractivity contribution < 1.29 is 4.79 Å². The van der Waals surface area contributed by atoms with Gasteiger partial charge in [-0.1, -0.05) is 32.9 Å². The van der Waals surface area contributed by atoms with Crippen LogP contribution in [0, 0.1) is 16.7 Å². The van der Waals surface area contributed by atoms with Crippen LogP contribution in [0.25, 0.3) is 0 Å². The first-order chi connectivity index (χ1) is 9.79. The van der Waals surface area contributed by atoms with Crippen LogP contribution in [0.2, 0.25) is 0 Å². The molecule has 0 aromatic heterocycles. The Labute approximate surface area is 133 Å². The Bertz CT molecular complexity index is 475. The van der Waals surface area contributed by atoms with Crippen LogP contribution in [-0.4, -0.2) is 34.9 Å². The third-order valence-corrected chi connectivity index (χ3v) is 6.17. The number of Topliss-reactive ketones (excluding diaryl/α,β-unsaturated/α-hetero) is 1. The lowest BCUT2D eigenvalue weighted by atomic mass is 9.70. The van der Waals surface area contributed by atoms with Gasteiger partial charge < -0.3 is 10.2 Å². The molecular weight excluding hydrogens is 280 g/mol. The molecule has 2 fully saturated rings. The molecule has 0 spiro atoms. The Morgan fingerprint density at radius 1 is 1.38 bits per heavy atom. The van der Waals surface area contributed by atoms with Crippen LogP contribution in [0.5, 0.6) is 0 Å². The van der Waals surface area contributed by atoms with Crippen LogP contribution in [0.3, 0.4) is 0 Å². The summed E-state index contributed by atoms with van der Waals surface area (Å²) in [7, 11) is 0. The third-order valence-electron chi connectivity index (χ3n) is 5.80. The average Bonchev–Trinajstić information content (AvgIpc) is 2.73. The minimum Gasteiger partial charge on any atom is -0.352 e. The second-order valence-electron chi connectivity index (χ2n) is 6.97. The number of fused-ring (bicyclic) bond motifs is 2. The van der Waals surface area contributed by atoms with Crippen molar-refractivity contribution in [1.29, 1.82) is 0 Å². The number of thiocarbonyl (C=S) groups is 1. The molecule has 21 heavy (non-hydrogen) atoms. The van der Waals surface area contributed by atoms with Gasteiger partial charge in [-0.25, -0.2) is 0 Å². The van der Waals surface area contributed by atoms with Gasteiger partial charge in [0.25, 0.3) is 0 Å². The predicted molar refractivity (Wildman–Crippen MR) is 91.1 cm³/mol. The van der Waals surface area contributed by atoms with Crippen LogP contribution < -0.4 is 5.32 Å². The highest BCUT2D eigenvalue weighted by Crippen LogP contribution is 2.63. The van der Waals surface area contributed by atoms with Crippen molar-refractivity contribution in [3.63, 3.8) is 0 Å². The molecule has 3 atom stereocenters. The van der Waals surface area contributed by atoms with Crippen LogP contribution in [0.15, 0.2) is 25.3 Å². The van der Waals surface area contributed by atoms with Crippen LogP contribution >= 0.6 is 12.2 Å². The molecule has 0 heterocycles. The van der Waals surface area contributed by atoms with Crippen molar-refractivity contribution in [2.45, 2.75) is 39.7 Å². The second kappa shape index (κ2) is 5.56. The van der Waals surface area contributed by atoms with Gasteiger partial charge in [0.15, 0.2) is 10.9 Å². The summed E-state index contributed by atoms with van der Waals surface area (Å²) >= 11 is 5.49. The Balaban J connectivity index is 2.14. The van der Waals surface area contributed by atoms with Crippen molar-refractivity contribution in [1.82, 2.24) is 10.2 Å². The normalized spacial score (nSPS) is 32.8. The summed E-state index contributed by atoms with van der Waals surface area (Å²) in [6.45, 7) is 15.4. The first kappa shape index (κ1) is 16.2. The largest absolute Gasteiger partial charge is 0.352 e. The average molecular weight is 306 g/mol. The number of carbonyl (C=O) groups excluding carboxylic acids is 1. The highest BCUT2D eigenvalue weighted by atomic mass is 32.1. The van der Waals surface area contributed by atoms with E-state index in [1.165, 1.54) is 0 Å². The monoisotopic (exact) mass is 306 g/mol. The van der Waals surface area contributed by atoms with Crippen LogP contribution in [0.4, 0.5) is 0 Å². The lowest BCUT2D eigenvalue weighted by Gasteiger charge is -2.32. The molecule has 2 saturated carbocycles. The molecule has 4 heteroatoms. The highest BCUT2D eigenvalue weighted by molar-refractivity contribution is 7.80. The van der Waals surface area contributed by atoms with Crippen molar-refractivity contribution >= 4 is 23.1 Å². The van der Waals surface area contributed by atoms with E-state index in [2.05, 4.69) is 39.2 Å². The summed E-state index contributed by atoms with van der Waals surface area (Å²) in [5.41, 5.74) is -0.175. The van der Waals surface area contributed by atoms with E-state index in [1.54, 1.807) is 0 Å². The first-order valence-corrected chi connectivity index (χ1v) is 8.02. The van der Waals surface area contributed by atoms with Gasteiger partial charge in [0.05, 0.1) is 6.04 Å². The summed E-state index contributed by atoms with van der Waals surface area (Å²) in [5.74, 6) is 0.686. The van der Waals surface area contributed by atoms with E-state index in [-0.39, 0.29) is 16.9 Å². The van der Waals surface area contributed by atoms with E-state index in [0.717, 1.165) is 12.8 Å². The van der Waals surface area contributed by atoms with Crippen LogP contribution in [-0.2, 0) is 4.79 Å². The molecule has 0 amide bonds. The molecule has 2 aliphatic carbocycles. The van der Waals surface area contributed by atoms with E-state index in [0.29, 0.717) is 29.9 Å². The number of nitrogens with one attached hydrogen (secondary N) is 1. The van der Waals surface area contributed by atoms with E-state index < -0.39 is 0 Å². The van der Waals surface area contributed by atoms with Crippen molar-refractivity contribution in [2.24, 2.45) is 16.7 Å². The lowest BCUT2D eigenvalue weighted by Crippen LogP contribution is -2.51. The summed E-state index contributed by atoms with van der Waals surface area (Å²) in [6.07, 6.45) is 5.71. The number of hydrogen-bond donors (Lipinski definition) is 1. The topological polar surface area (TPSA) is 32.3 Å². The fraction of sp³-hybridized carbons (Fsp3) is 0.647. The van der Waals surface area contributed by atoms with Gasteiger partial charge >= 0.3 is 0 Å². The number of carbonyl (C=O) groups is 1. The zero-order valence-corrected chi connectivity index (χ0v) is 14.1. The standard InChI is InChI=1S/C17H26N2OS/c1-6-10-19(11-7-2)15(21)18-13-12-8-9-17(5,14(13)20)16(12,3)4/h6-7,12-13H,1-2,8-11H2,3-5H3,(H,18,21). The molecule has 3 unspecified atom stereocenters. The fourth-order valence-corrected chi connectivity index (χ4v) is 4.30. The number of ketones is 1. The number of hydrogen-bond acceptors (Lipinski definition) is 2. The quantitative estimate of drug-likeness (QED) is 0.625. The SMILES string of the molecule is C=CCN(CC=C)C(=S)NC1C(=O)C2(C)CCC1C2(C)C. The third kappa shape index (κ3) is 2.33. The van der Waals surface area contributed by atoms with E-state index in [9.17, 15) is 4.79 Å². The maximum absolute atomic E-state index is 12.8. The summed E-state index contributed by atoms with van der Waals surface area (Å²) in [4.78, 5) is 14.8. The maximum Gasteiger partial charge on any atom is 0.170 e. The molecule has 1 N–H and O–H groups in total. The molecule has 0 radical (unpaired) electrons. The molecule has 0 aliphatic heterocycles. The molecule has 2 rings (SSSR count). The van der Waals surface area contributed by atoms with Gasteiger partial charge in [0.1, 0.15) is 0 Å². The van der Waals surface area contributed by atoms with E-state index >= 15 is 0 Å². The Morgan fingerprint density at radius 3 is 2.38 bits per heavy atom. The van der Waals surface area contributed by atoms with E-state index in [4.69, 9.17) is 12.2 Å². The summed E-state index contributed by atoms with van der Waals surface area (Å²) in [6, 6.07) is -0.150. The van der Waals surface area contributed by atoms with Gasteiger partial charge in [-0.05, 0) is 36.4 Å². The van der Waals surface area contributed by atoms with Crippen molar-refractivity contribution in [3.8, 4) is 0 Å². The van der Waals surface area contributed by atoms with E-state index in [1.807, 2.05) is 17.1 Å². The molecule has 2 bridgehead atoms. The Hall–Kier alpha value is -1.16. The maximum atomic E-state index is 12.8. The summed E-state index contributed by atoms with van der Waals surface area (Å²) < 4.78 is 0. The molecule has 116 valence electrons. The van der Waals surface area contributed by atoms with Gasteiger partial charge in [-0.15, -0.1) is 13.2 Å². The fourth-order valence-electron chi connectivity index (χ4n) is 4.03. The predicted octanol–water partition coefficient (Wildman–Crippen LogP) is 2.93. The minimum absolute atomic E-state index is 0.0407. The molecule has 0 aromatic carbocycles. The Kier molecular flexibility index (Phi) is 4.29. The molecular formula is C17H26N2OS. The number of rotatable bonds is 5. The molecule has 3 nitrogen and oxygen atoms in total. The summed E-state index contributed by atoms with van der Waals surface area (Å²) in [5, 5.41) is 3.95. The van der Waals surface area contributed by atoms with Gasteiger partial charge in [-0.3, -0.25) is 4.79 Å². The zero-order valence-electron chi connectivity index (χ0n) is 13.3. The highest BCUT2D eigenvalue weighted by Gasteiger charge is 2.66. The second-order valence-corrected chi connectivity index (χ2v) is 7.36. The molecule has 0 saturated heterocycles. The van der Waals surface area contributed by atoms with Crippen molar-refractivity contribution in [2.75, 3.05) is 13.1 Å². The lowest BCUT2D eigenvalue weighted by molar-refractivity contribution is -0.129. The first-order valence-electron chi connectivity index (χ1n) is 7.61. The van der Waals surface area contributed by atoms with Gasteiger partial charge in [0, 0.05) is 18.5 Å². The van der Waals surface area contributed by atoms with Gasteiger partial charge in [0.2, 0.25) is 0 Å². The number of nitrogens with zero attached hydrogens (tertiary/aromatic N) is 1.